The molecule has 0 nitrogen and oxygen atoms in total. The molecule has 0 saturated heterocycles. The zero-order valence-corrected chi connectivity index (χ0v) is 10.5. The molecule has 1 aromatic rings. The summed E-state index contributed by atoms with van der Waals surface area (Å²) in [6.07, 6.45) is 0.721. The van der Waals surface area contributed by atoms with Crippen molar-refractivity contribution in [1.82, 2.24) is 0 Å². The first-order chi connectivity index (χ1) is 7.51. The molecular formula is C11H8BrF3S. The Morgan fingerprint density at radius 1 is 1.19 bits per heavy atom. The highest BCUT2D eigenvalue weighted by atomic mass is 79.9. The Labute approximate surface area is 105 Å². The molecule has 0 atom stereocenters. The van der Waals surface area contributed by atoms with Gasteiger partial charge in [-0.25, -0.2) is 0 Å². The second-order valence-corrected chi connectivity index (χ2v) is 4.74. The van der Waals surface area contributed by atoms with Crippen molar-refractivity contribution in [2.75, 3.05) is 5.33 Å². The molecule has 0 saturated carbocycles. The third-order valence-corrected chi connectivity index (χ3v) is 2.68. The smallest absolute Gasteiger partial charge is 0.160 e. The fourth-order valence-corrected chi connectivity index (χ4v) is 1.69. The Balaban J connectivity index is 2.66. The fourth-order valence-electron chi connectivity index (χ4n) is 0.952. The van der Waals surface area contributed by atoms with Crippen LogP contribution in [0.2, 0.25) is 0 Å². The van der Waals surface area contributed by atoms with Gasteiger partial charge < -0.3 is 0 Å². The lowest BCUT2D eigenvalue weighted by Crippen LogP contribution is -1.98. The van der Waals surface area contributed by atoms with Gasteiger partial charge in [-0.05, 0) is 36.0 Å². The fraction of sp³-hybridized carbons (Fsp3) is 0.273. The third-order valence-electron chi connectivity index (χ3n) is 1.54. The molecule has 1 rings (SSSR count). The van der Waals surface area contributed by atoms with Gasteiger partial charge in [0.1, 0.15) is 0 Å². The molecular weight excluding hydrogens is 301 g/mol. The summed E-state index contributed by atoms with van der Waals surface area (Å²) in [7, 11) is 0. The van der Waals surface area contributed by atoms with Crippen molar-refractivity contribution in [1.29, 1.82) is 0 Å². The Morgan fingerprint density at radius 2 is 1.81 bits per heavy atom. The van der Waals surface area contributed by atoms with Crippen molar-refractivity contribution in [3.05, 3.63) is 29.8 Å². The molecule has 0 radical (unpaired) electrons. The van der Waals surface area contributed by atoms with E-state index in [2.05, 4.69) is 27.8 Å². The topological polar surface area (TPSA) is 0 Å². The quantitative estimate of drug-likeness (QED) is 0.442. The van der Waals surface area contributed by atoms with Gasteiger partial charge in [0.25, 0.3) is 0 Å². The summed E-state index contributed by atoms with van der Waals surface area (Å²) in [6, 6.07) is 6.04. The molecule has 86 valence electrons. The summed E-state index contributed by atoms with van der Waals surface area (Å²) in [5, 5.41) is 0.794. The number of hydrogen-bond acceptors (Lipinski definition) is 1. The normalized spacial score (nSPS) is 10.8. The average molecular weight is 309 g/mol. The second-order valence-electron chi connectivity index (χ2n) is 2.81. The molecule has 0 aliphatic heterocycles. The molecule has 0 bridgehead atoms. The largest absolute Gasteiger partial charge is 0.446 e. The van der Waals surface area contributed by atoms with Gasteiger partial charge >= 0.3 is 5.51 Å². The maximum absolute atomic E-state index is 12.0. The third kappa shape index (κ3) is 5.47. The number of hydrogen-bond donors (Lipinski definition) is 0. The predicted molar refractivity (Wildman–Crippen MR) is 63.6 cm³/mol. The summed E-state index contributed by atoms with van der Waals surface area (Å²) in [5.74, 6) is 5.76. The maximum Gasteiger partial charge on any atom is 0.446 e. The van der Waals surface area contributed by atoms with Crippen molar-refractivity contribution in [2.45, 2.75) is 16.8 Å². The van der Waals surface area contributed by atoms with Crippen LogP contribution in [0.1, 0.15) is 12.0 Å². The van der Waals surface area contributed by atoms with Crippen molar-refractivity contribution in [2.24, 2.45) is 0 Å². The first kappa shape index (κ1) is 13.5. The molecule has 0 spiro atoms. The van der Waals surface area contributed by atoms with Crippen LogP contribution in [0.25, 0.3) is 0 Å². The highest BCUT2D eigenvalue weighted by Crippen LogP contribution is 2.36. The molecule has 0 N–H and O–H groups in total. The van der Waals surface area contributed by atoms with Gasteiger partial charge in [-0.15, -0.1) is 0 Å². The van der Waals surface area contributed by atoms with Crippen LogP contribution in [0.5, 0.6) is 0 Å². The van der Waals surface area contributed by atoms with E-state index < -0.39 is 5.51 Å². The lowest BCUT2D eigenvalue weighted by molar-refractivity contribution is -0.0328. The average Bonchev–Trinajstić information content (AvgIpc) is 2.19. The molecule has 0 fully saturated rings. The Bertz CT molecular complexity index is 386. The van der Waals surface area contributed by atoms with Crippen molar-refractivity contribution in [3.8, 4) is 11.8 Å². The van der Waals surface area contributed by atoms with Gasteiger partial charge in [-0.3, -0.25) is 0 Å². The molecule has 0 unspecified atom stereocenters. The van der Waals surface area contributed by atoms with Crippen LogP contribution in [0, 0.1) is 11.8 Å². The molecule has 0 aromatic heterocycles. The van der Waals surface area contributed by atoms with Gasteiger partial charge in [0, 0.05) is 22.2 Å². The highest BCUT2D eigenvalue weighted by molar-refractivity contribution is 9.09. The zero-order valence-electron chi connectivity index (χ0n) is 8.14. The van der Waals surface area contributed by atoms with Crippen LogP contribution in [-0.4, -0.2) is 10.8 Å². The van der Waals surface area contributed by atoms with Crippen LogP contribution >= 0.6 is 27.7 Å². The second kappa shape index (κ2) is 6.21. The van der Waals surface area contributed by atoms with Crippen LogP contribution in [0.3, 0.4) is 0 Å². The van der Waals surface area contributed by atoms with E-state index in [9.17, 15) is 13.2 Å². The molecule has 0 aliphatic carbocycles. The summed E-state index contributed by atoms with van der Waals surface area (Å²) in [5.41, 5.74) is -3.50. The molecule has 16 heavy (non-hydrogen) atoms. The van der Waals surface area contributed by atoms with Crippen LogP contribution < -0.4 is 0 Å². The zero-order chi connectivity index (χ0) is 12.0. The lowest BCUT2D eigenvalue weighted by atomic mass is 10.2. The van der Waals surface area contributed by atoms with Gasteiger partial charge in [-0.1, -0.05) is 27.8 Å². The van der Waals surface area contributed by atoms with Crippen LogP contribution in [0.4, 0.5) is 13.2 Å². The summed E-state index contributed by atoms with van der Waals surface area (Å²) >= 11 is 3.12. The van der Waals surface area contributed by atoms with Crippen molar-refractivity contribution in [3.63, 3.8) is 0 Å². The molecule has 1 aromatic carbocycles. The Hall–Kier alpha value is -0.600. The molecule has 0 amide bonds. The van der Waals surface area contributed by atoms with Crippen molar-refractivity contribution >= 4 is 27.7 Å². The van der Waals surface area contributed by atoms with E-state index in [-0.39, 0.29) is 16.7 Å². The van der Waals surface area contributed by atoms with E-state index in [4.69, 9.17) is 0 Å². The summed E-state index contributed by atoms with van der Waals surface area (Å²) in [4.78, 5) is 0.179. The van der Waals surface area contributed by atoms with Crippen molar-refractivity contribution < 1.29 is 13.2 Å². The van der Waals surface area contributed by atoms with E-state index in [0.717, 1.165) is 17.3 Å². The number of thioether (sulfide) groups is 1. The first-order valence-electron chi connectivity index (χ1n) is 4.42. The van der Waals surface area contributed by atoms with Gasteiger partial charge in [-0.2, -0.15) is 13.2 Å². The molecule has 5 heteroatoms. The standard InChI is InChI=1S/C11H8BrF3S/c12-8-2-1-3-9-4-6-10(7-5-9)16-11(13,14)15/h4-7H,2,8H2. The monoisotopic (exact) mass is 308 g/mol. The van der Waals surface area contributed by atoms with Gasteiger partial charge in [0.2, 0.25) is 0 Å². The van der Waals surface area contributed by atoms with E-state index in [1.807, 2.05) is 0 Å². The highest BCUT2D eigenvalue weighted by Gasteiger charge is 2.28. The predicted octanol–water partition coefficient (Wildman–Crippen LogP) is 4.44. The van der Waals surface area contributed by atoms with Gasteiger partial charge in [0.15, 0.2) is 0 Å². The number of alkyl halides is 4. The number of rotatable bonds is 2. The maximum atomic E-state index is 12.0. The minimum Gasteiger partial charge on any atom is -0.160 e. The van der Waals surface area contributed by atoms with E-state index in [1.165, 1.54) is 12.1 Å². The molecule has 0 heterocycles. The summed E-state index contributed by atoms with van der Waals surface area (Å²) in [6.45, 7) is 0. The summed E-state index contributed by atoms with van der Waals surface area (Å²) < 4.78 is 36.1. The molecule has 0 aliphatic rings. The van der Waals surface area contributed by atoms with Crippen LogP contribution in [0.15, 0.2) is 29.2 Å². The SMILES string of the molecule is FC(F)(F)Sc1ccc(C#CCCBr)cc1. The minimum atomic E-state index is -4.23. The van der Waals surface area contributed by atoms with Crippen LogP contribution in [-0.2, 0) is 0 Å². The Kier molecular flexibility index (Phi) is 5.23. The van der Waals surface area contributed by atoms with E-state index in [0.29, 0.717) is 0 Å². The Morgan fingerprint density at radius 3 is 2.31 bits per heavy atom. The van der Waals surface area contributed by atoms with E-state index in [1.54, 1.807) is 12.1 Å². The van der Waals surface area contributed by atoms with E-state index >= 15 is 0 Å². The lowest BCUT2D eigenvalue weighted by Gasteiger charge is -2.04. The minimum absolute atomic E-state index is 0.118. The number of halogens is 4. The number of benzene rings is 1. The first-order valence-corrected chi connectivity index (χ1v) is 6.36. The van der Waals surface area contributed by atoms with Gasteiger partial charge in [0.05, 0.1) is 0 Å².